The fraction of sp³-hybridized carbons (Fsp3) is 0.111. The zero-order chi connectivity index (χ0) is 11.7. The molecule has 0 bridgehead atoms. The first-order chi connectivity index (χ1) is 7.61. The van der Waals surface area contributed by atoms with Gasteiger partial charge < -0.3 is 5.43 Å². The lowest BCUT2D eigenvalue weighted by molar-refractivity contribution is -0.384. The van der Waals surface area contributed by atoms with E-state index >= 15 is 0 Å². The van der Waals surface area contributed by atoms with Crippen molar-refractivity contribution < 1.29 is 4.92 Å². The molecule has 0 amide bonds. The fourth-order valence-corrected chi connectivity index (χ4v) is 1.38. The summed E-state index contributed by atoms with van der Waals surface area (Å²) in [6.07, 6.45) is 0. The summed E-state index contributed by atoms with van der Waals surface area (Å²) in [6.45, 7) is 1.72. The summed E-state index contributed by atoms with van der Waals surface area (Å²) in [5.41, 5.74) is 4.04. The first-order valence-corrected chi connectivity index (χ1v) is 4.51. The van der Waals surface area contributed by atoms with E-state index in [-0.39, 0.29) is 5.69 Å². The van der Waals surface area contributed by atoms with Crippen LogP contribution in [0.4, 0.5) is 11.5 Å². The average Bonchev–Trinajstić information content (AvgIpc) is 2.27. The molecule has 7 heteroatoms. The topological polar surface area (TPSA) is 107 Å². The highest BCUT2D eigenvalue weighted by Gasteiger charge is 2.09. The maximum atomic E-state index is 10.6. The van der Waals surface area contributed by atoms with Gasteiger partial charge in [-0.2, -0.15) is 0 Å². The number of nitrogens with one attached hydrogen (secondary N) is 1. The number of benzene rings is 1. The minimum Gasteiger partial charge on any atom is -0.307 e. The second-order valence-electron chi connectivity index (χ2n) is 3.23. The fourth-order valence-electron chi connectivity index (χ4n) is 1.38. The van der Waals surface area contributed by atoms with E-state index in [1.54, 1.807) is 13.0 Å². The number of hydrogen-bond acceptors (Lipinski definition) is 6. The molecule has 0 aliphatic rings. The van der Waals surface area contributed by atoms with E-state index in [0.717, 1.165) is 0 Å². The molecular weight excluding hydrogens is 210 g/mol. The lowest BCUT2D eigenvalue weighted by atomic mass is 10.2. The summed E-state index contributed by atoms with van der Waals surface area (Å²) in [5, 5.41) is 10.6. The van der Waals surface area contributed by atoms with Gasteiger partial charge in [0.1, 0.15) is 0 Å². The maximum Gasteiger partial charge on any atom is 0.271 e. The molecule has 1 aromatic heterocycles. The summed E-state index contributed by atoms with van der Waals surface area (Å²) in [5.74, 6) is 5.72. The van der Waals surface area contributed by atoms with Gasteiger partial charge in [-0.05, 0) is 13.0 Å². The zero-order valence-electron chi connectivity index (χ0n) is 8.47. The highest BCUT2D eigenvalue weighted by molar-refractivity contribution is 5.78. The highest BCUT2D eigenvalue weighted by Crippen LogP contribution is 2.20. The van der Waals surface area contributed by atoms with Gasteiger partial charge in [-0.1, -0.05) is 0 Å². The number of non-ortho nitro benzene ring substituents is 1. The predicted molar refractivity (Wildman–Crippen MR) is 58.7 cm³/mol. The number of aromatic nitrogens is 2. The number of aryl methyl sites for hydroxylation is 1. The maximum absolute atomic E-state index is 10.6. The Bertz CT molecular complexity index is 569. The lowest BCUT2D eigenvalue weighted by Crippen LogP contribution is -2.11. The second kappa shape index (κ2) is 3.70. The Balaban J connectivity index is 2.66. The van der Waals surface area contributed by atoms with Gasteiger partial charge in [-0.25, -0.2) is 15.8 Å². The van der Waals surface area contributed by atoms with Gasteiger partial charge in [0.25, 0.3) is 5.69 Å². The second-order valence-corrected chi connectivity index (χ2v) is 3.23. The summed E-state index contributed by atoms with van der Waals surface area (Å²) >= 11 is 0. The number of hydrazine groups is 1. The first kappa shape index (κ1) is 10.2. The number of rotatable bonds is 2. The Labute approximate surface area is 90.4 Å². The molecule has 82 valence electrons. The highest BCUT2D eigenvalue weighted by atomic mass is 16.6. The summed E-state index contributed by atoms with van der Waals surface area (Å²) in [7, 11) is 0. The molecule has 0 atom stereocenters. The monoisotopic (exact) mass is 219 g/mol. The van der Waals surface area contributed by atoms with Crippen molar-refractivity contribution in [2.75, 3.05) is 5.43 Å². The largest absolute Gasteiger partial charge is 0.307 e. The third-order valence-corrected chi connectivity index (χ3v) is 2.17. The molecule has 0 radical (unpaired) electrons. The van der Waals surface area contributed by atoms with Gasteiger partial charge in [0.05, 0.1) is 21.7 Å². The third-order valence-electron chi connectivity index (χ3n) is 2.17. The Morgan fingerprint density at radius 1 is 1.38 bits per heavy atom. The summed E-state index contributed by atoms with van der Waals surface area (Å²) < 4.78 is 0. The minimum atomic E-state index is -0.467. The van der Waals surface area contributed by atoms with Crippen molar-refractivity contribution in [1.82, 2.24) is 9.97 Å². The molecule has 7 nitrogen and oxygen atoms in total. The zero-order valence-corrected chi connectivity index (χ0v) is 8.47. The summed E-state index contributed by atoms with van der Waals surface area (Å²) in [4.78, 5) is 18.5. The number of anilines is 1. The molecule has 0 spiro atoms. The number of nitrogen functional groups attached to an aromatic ring is 1. The van der Waals surface area contributed by atoms with Crippen LogP contribution in [0.15, 0.2) is 18.2 Å². The smallest absolute Gasteiger partial charge is 0.271 e. The van der Waals surface area contributed by atoms with Crippen molar-refractivity contribution in [2.24, 2.45) is 5.84 Å². The molecular formula is C9H9N5O2. The van der Waals surface area contributed by atoms with Crippen LogP contribution in [0.25, 0.3) is 11.0 Å². The average molecular weight is 219 g/mol. The quantitative estimate of drug-likeness (QED) is 0.445. The van der Waals surface area contributed by atoms with Crippen LogP contribution in [-0.4, -0.2) is 14.9 Å². The number of nitro groups is 1. The molecule has 0 aliphatic heterocycles. The number of nitrogens with two attached hydrogens (primary N) is 1. The van der Waals surface area contributed by atoms with Gasteiger partial charge in [0.2, 0.25) is 0 Å². The standard InChI is InChI=1S/C9H9N5O2/c1-5-9(13-10)12-7-3-2-6(14(15)16)4-8(7)11-5/h2-4H,10H2,1H3,(H,12,13). The number of nitro benzene ring substituents is 1. The Hall–Kier alpha value is -2.28. The van der Waals surface area contributed by atoms with Gasteiger partial charge in [-0.15, -0.1) is 0 Å². The van der Waals surface area contributed by atoms with Crippen LogP contribution in [0.2, 0.25) is 0 Å². The Morgan fingerprint density at radius 2 is 2.12 bits per heavy atom. The third kappa shape index (κ3) is 1.63. The van der Waals surface area contributed by atoms with E-state index < -0.39 is 4.92 Å². The van der Waals surface area contributed by atoms with E-state index in [1.165, 1.54) is 12.1 Å². The molecule has 0 fully saturated rings. The normalized spacial score (nSPS) is 10.4. The van der Waals surface area contributed by atoms with Crippen molar-refractivity contribution >= 4 is 22.5 Å². The summed E-state index contributed by atoms with van der Waals surface area (Å²) in [6, 6.07) is 4.31. The van der Waals surface area contributed by atoms with Crippen LogP contribution in [0.3, 0.4) is 0 Å². The molecule has 1 heterocycles. The van der Waals surface area contributed by atoms with E-state index in [0.29, 0.717) is 22.5 Å². The first-order valence-electron chi connectivity index (χ1n) is 4.51. The van der Waals surface area contributed by atoms with E-state index in [2.05, 4.69) is 15.4 Å². The molecule has 2 rings (SSSR count). The van der Waals surface area contributed by atoms with Gasteiger partial charge >= 0.3 is 0 Å². The molecule has 0 unspecified atom stereocenters. The van der Waals surface area contributed by atoms with E-state index in [4.69, 9.17) is 5.84 Å². The van der Waals surface area contributed by atoms with Crippen LogP contribution in [0.5, 0.6) is 0 Å². The van der Waals surface area contributed by atoms with Gasteiger partial charge in [0, 0.05) is 12.1 Å². The van der Waals surface area contributed by atoms with Crippen molar-refractivity contribution in [3.63, 3.8) is 0 Å². The minimum absolute atomic E-state index is 0.00495. The Morgan fingerprint density at radius 3 is 2.75 bits per heavy atom. The number of fused-ring (bicyclic) bond motifs is 1. The van der Waals surface area contributed by atoms with Gasteiger partial charge in [0.15, 0.2) is 5.82 Å². The molecule has 1 aromatic carbocycles. The predicted octanol–water partition coefficient (Wildman–Crippen LogP) is 1.13. The lowest BCUT2D eigenvalue weighted by Gasteiger charge is -2.04. The Kier molecular flexibility index (Phi) is 2.37. The molecule has 0 saturated heterocycles. The van der Waals surface area contributed by atoms with Crippen molar-refractivity contribution in [1.29, 1.82) is 0 Å². The van der Waals surface area contributed by atoms with E-state index in [1.807, 2.05) is 0 Å². The SMILES string of the molecule is Cc1nc2cc([N+](=O)[O-])ccc2nc1NN. The molecule has 0 saturated carbocycles. The molecule has 0 aliphatic carbocycles. The van der Waals surface area contributed by atoms with Crippen molar-refractivity contribution in [3.05, 3.63) is 34.0 Å². The number of hydrogen-bond donors (Lipinski definition) is 2. The van der Waals surface area contributed by atoms with Gasteiger partial charge in [-0.3, -0.25) is 10.1 Å². The van der Waals surface area contributed by atoms with Crippen LogP contribution in [0, 0.1) is 17.0 Å². The van der Waals surface area contributed by atoms with Crippen LogP contribution in [-0.2, 0) is 0 Å². The molecule has 3 N–H and O–H groups in total. The van der Waals surface area contributed by atoms with Crippen LogP contribution < -0.4 is 11.3 Å². The number of nitrogens with zero attached hydrogens (tertiary/aromatic N) is 3. The molecule has 16 heavy (non-hydrogen) atoms. The van der Waals surface area contributed by atoms with Crippen molar-refractivity contribution in [3.8, 4) is 0 Å². The molecule has 2 aromatic rings. The van der Waals surface area contributed by atoms with Crippen LogP contribution >= 0.6 is 0 Å². The van der Waals surface area contributed by atoms with Crippen molar-refractivity contribution in [2.45, 2.75) is 6.92 Å². The van der Waals surface area contributed by atoms with Crippen LogP contribution in [0.1, 0.15) is 5.69 Å². The van der Waals surface area contributed by atoms with E-state index in [9.17, 15) is 10.1 Å².